The summed E-state index contributed by atoms with van der Waals surface area (Å²) >= 11 is 0. The first kappa shape index (κ1) is 29.3. The number of para-hydroxylation sites is 2. The predicted octanol–water partition coefficient (Wildman–Crippen LogP) is 3.05. The molecule has 0 aromatic heterocycles. The minimum atomic E-state index is -0.861. The number of rotatable bonds is 5. The summed E-state index contributed by atoms with van der Waals surface area (Å²) in [7, 11) is 0. The van der Waals surface area contributed by atoms with E-state index >= 15 is 0 Å². The summed E-state index contributed by atoms with van der Waals surface area (Å²) < 4.78 is 0. The first-order chi connectivity index (χ1) is 24.4. The lowest BCUT2D eigenvalue weighted by Gasteiger charge is -2.48. The molecule has 0 spiro atoms. The highest BCUT2D eigenvalue weighted by Gasteiger charge is 2.78. The molecule has 4 fully saturated rings. The Kier molecular flexibility index (Phi) is 6.11. The monoisotopic (exact) mass is 664 g/mol. The van der Waals surface area contributed by atoms with E-state index < -0.39 is 47.3 Å². The highest BCUT2D eigenvalue weighted by molar-refractivity contribution is 6.01. The molecule has 10 rings (SSSR count). The van der Waals surface area contributed by atoms with Crippen molar-refractivity contribution in [1.82, 2.24) is 20.4 Å². The number of hydrogen-bond donors (Lipinski definition) is 4. The lowest BCUT2D eigenvalue weighted by molar-refractivity contribution is -0.149. The van der Waals surface area contributed by atoms with Crippen molar-refractivity contribution in [2.45, 2.75) is 73.0 Å². The molecule has 6 aliphatic rings. The smallest absolute Gasteiger partial charge is 0.247 e. The molecule has 4 N–H and O–H groups in total. The van der Waals surface area contributed by atoms with E-state index in [0.29, 0.717) is 25.7 Å². The first-order valence-corrected chi connectivity index (χ1v) is 17.5. The van der Waals surface area contributed by atoms with Gasteiger partial charge in [-0.05, 0) is 47.2 Å². The molecular formula is C40H36N6O4. The Bertz CT molecular complexity index is 1940. The Hall–Kier alpha value is -5.64. The third-order valence-corrected chi connectivity index (χ3v) is 12.3. The quantitative estimate of drug-likeness (QED) is 0.260. The lowest BCUT2D eigenvalue weighted by Crippen LogP contribution is -2.67. The molecule has 4 amide bonds. The van der Waals surface area contributed by atoms with E-state index in [2.05, 4.69) is 33.4 Å². The van der Waals surface area contributed by atoms with E-state index in [0.717, 1.165) is 33.6 Å². The second-order valence-electron chi connectivity index (χ2n) is 14.6. The highest BCUT2D eigenvalue weighted by atomic mass is 16.2. The van der Waals surface area contributed by atoms with Gasteiger partial charge in [-0.3, -0.25) is 19.2 Å². The van der Waals surface area contributed by atoms with E-state index in [-0.39, 0.29) is 23.6 Å². The minimum Gasteiger partial charge on any atom is -0.364 e. The van der Waals surface area contributed by atoms with Crippen LogP contribution in [0.1, 0.15) is 35.1 Å². The summed E-state index contributed by atoms with van der Waals surface area (Å²) in [5.74, 6) is -0.632. The van der Waals surface area contributed by atoms with Crippen molar-refractivity contribution in [2.24, 2.45) is 0 Å². The zero-order chi connectivity index (χ0) is 33.8. The zero-order valence-electron chi connectivity index (χ0n) is 27.2. The van der Waals surface area contributed by atoms with Crippen LogP contribution in [0.15, 0.2) is 109 Å². The Labute approximate surface area is 289 Å². The van der Waals surface area contributed by atoms with Gasteiger partial charge < -0.3 is 31.1 Å². The fourth-order valence-corrected chi connectivity index (χ4v) is 10.4. The number of hydrogen-bond acceptors (Lipinski definition) is 6. The van der Waals surface area contributed by atoms with Crippen molar-refractivity contribution in [3.8, 4) is 0 Å². The van der Waals surface area contributed by atoms with Gasteiger partial charge in [0.05, 0.1) is 10.8 Å². The number of nitrogens with zero attached hydrogens (tertiary/aromatic N) is 2. The van der Waals surface area contributed by atoms with Gasteiger partial charge in [0.25, 0.3) is 0 Å². The largest absolute Gasteiger partial charge is 0.364 e. The molecule has 10 heteroatoms. The van der Waals surface area contributed by atoms with Crippen LogP contribution >= 0.6 is 0 Å². The molecule has 10 nitrogen and oxygen atoms in total. The summed E-state index contributed by atoms with van der Waals surface area (Å²) in [5.41, 5.74) is 4.00. The van der Waals surface area contributed by atoms with E-state index in [4.69, 9.17) is 0 Å². The summed E-state index contributed by atoms with van der Waals surface area (Å²) in [4.78, 5) is 61.2. The summed E-state index contributed by atoms with van der Waals surface area (Å²) in [6.07, 6.45) is 0.273. The molecule has 6 aliphatic heterocycles. The van der Waals surface area contributed by atoms with Gasteiger partial charge in [-0.25, -0.2) is 0 Å². The number of carbonyl (C=O) groups excluding carboxylic acids is 4. The van der Waals surface area contributed by atoms with Crippen molar-refractivity contribution < 1.29 is 19.2 Å². The van der Waals surface area contributed by atoms with Crippen molar-refractivity contribution in [2.75, 3.05) is 10.6 Å². The molecule has 250 valence electrons. The van der Waals surface area contributed by atoms with Crippen LogP contribution in [0.3, 0.4) is 0 Å². The molecule has 0 bridgehead atoms. The third-order valence-electron chi connectivity index (χ3n) is 12.3. The summed E-state index contributed by atoms with van der Waals surface area (Å²) in [6.45, 7) is 0. The molecule has 0 radical (unpaired) electrons. The topological polar surface area (TPSA) is 123 Å². The average Bonchev–Trinajstić information content (AvgIpc) is 3.85. The van der Waals surface area contributed by atoms with Crippen LogP contribution in [-0.4, -0.2) is 69.9 Å². The van der Waals surface area contributed by atoms with Crippen LogP contribution in [0.4, 0.5) is 11.4 Å². The summed E-state index contributed by atoms with van der Waals surface area (Å²) in [5, 5.41) is 13.6. The summed E-state index contributed by atoms with van der Waals surface area (Å²) in [6, 6.07) is 32.8. The van der Waals surface area contributed by atoms with E-state index in [1.54, 1.807) is 9.80 Å². The van der Waals surface area contributed by atoms with Gasteiger partial charge in [0, 0.05) is 24.2 Å². The molecule has 50 heavy (non-hydrogen) atoms. The van der Waals surface area contributed by atoms with Crippen molar-refractivity contribution >= 4 is 35.0 Å². The van der Waals surface area contributed by atoms with Gasteiger partial charge in [-0.1, -0.05) is 97.1 Å². The van der Waals surface area contributed by atoms with Gasteiger partial charge in [-0.15, -0.1) is 0 Å². The molecule has 8 atom stereocenters. The number of benzene rings is 4. The Balaban J connectivity index is 1.13. The van der Waals surface area contributed by atoms with Gasteiger partial charge in [0.15, 0.2) is 0 Å². The molecule has 4 aromatic carbocycles. The van der Waals surface area contributed by atoms with Crippen LogP contribution < -0.4 is 21.3 Å². The van der Waals surface area contributed by atoms with Crippen LogP contribution in [0, 0.1) is 0 Å². The Morgan fingerprint density at radius 2 is 0.880 bits per heavy atom. The molecular weight excluding hydrogens is 628 g/mol. The van der Waals surface area contributed by atoms with Gasteiger partial charge in [0.2, 0.25) is 23.6 Å². The molecule has 0 aliphatic carbocycles. The fraction of sp³-hybridized carbons (Fsp3) is 0.300. The van der Waals surface area contributed by atoms with Crippen molar-refractivity contribution in [3.05, 3.63) is 131 Å². The average molecular weight is 665 g/mol. The SMILES string of the molecule is O=C1N[C@@H](Cc2ccccc2)C(=O)N2[C@H]1CC1(C34C[C@H]5C(=O)N[C@@H](Cc6ccccc6)C(=O)N5[C@@H]3Nc3ccccc34)c3ccccc3N[C@@H]21. The van der Waals surface area contributed by atoms with E-state index in [1.165, 1.54) is 0 Å². The maximum Gasteiger partial charge on any atom is 0.247 e. The zero-order valence-corrected chi connectivity index (χ0v) is 27.2. The highest BCUT2D eigenvalue weighted by Crippen LogP contribution is 2.68. The van der Waals surface area contributed by atoms with Crippen LogP contribution in [-0.2, 0) is 42.8 Å². The maximum absolute atomic E-state index is 14.6. The number of anilines is 2. The van der Waals surface area contributed by atoms with Crippen LogP contribution in [0.5, 0.6) is 0 Å². The second kappa shape index (κ2) is 10.4. The number of piperazine rings is 2. The van der Waals surface area contributed by atoms with E-state index in [1.807, 2.05) is 97.1 Å². The van der Waals surface area contributed by atoms with Gasteiger partial charge >= 0.3 is 0 Å². The first-order valence-electron chi connectivity index (χ1n) is 17.5. The number of carbonyl (C=O) groups is 4. The van der Waals surface area contributed by atoms with Crippen LogP contribution in [0.2, 0.25) is 0 Å². The van der Waals surface area contributed by atoms with Gasteiger partial charge in [-0.2, -0.15) is 0 Å². The Morgan fingerprint density at radius 1 is 0.500 bits per heavy atom. The maximum atomic E-state index is 14.6. The predicted molar refractivity (Wildman–Crippen MR) is 186 cm³/mol. The van der Waals surface area contributed by atoms with Crippen LogP contribution in [0.25, 0.3) is 0 Å². The molecule has 6 heterocycles. The fourth-order valence-electron chi connectivity index (χ4n) is 10.4. The molecule has 4 saturated heterocycles. The third kappa shape index (κ3) is 3.73. The number of nitrogens with one attached hydrogen (secondary N) is 4. The Morgan fingerprint density at radius 3 is 1.30 bits per heavy atom. The van der Waals surface area contributed by atoms with Crippen molar-refractivity contribution in [1.29, 1.82) is 0 Å². The standard InChI is InChI=1S/C40H36N6O4/c47-33-31-21-39(25-15-7-9-17-27(25)43-37(39)45(31)35(49)29(41-33)19-23-11-3-1-4-12-23)40-22-32-34(48)42-30(20-24-13-5-2-6-14-24)36(50)46(32)38(40)44-28-18-10-8-16-26(28)40/h1-18,29-32,37-38,43-44H,19-22H2,(H,41,47)(H,42,48)/t29-,30-,31-,32-,37-,38-,39?,40?/m0/s1. The van der Waals surface area contributed by atoms with Crippen molar-refractivity contribution in [3.63, 3.8) is 0 Å². The molecule has 0 saturated carbocycles. The number of amides is 4. The second-order valence-corrected chi connectivity index (χ2v) is 14.6. The minimum absolute atomic E-state index is 0.134. The lowest BCUT2D eigenvalue weighted by atomic mass is 9.54. The normalized spacial score (nSPS) is 32.9. The molecule has 4 aromatic rings. The molecule has 2 unspecified atom stereocenters. The van der Waals surface area contributed by atoms with Gasteiger partial charge in [0.1, 0.15) is 36.5 Å². The number of fused-ring (bicyclic) bond motifs is 11. The van der Waals surface area contributed by atoms with E-state index in [9.17, 15) is 19.2 Å².